The monoisotopic (exact) mass is 434 g/mol. The molecule has 1 aliphatic rings. The molecule has 5 rings (SSSR count). The van der Waals surface area contributed by atoms with Gasteiger partial charge in [-0.3, -0.25) is 9.20 Å². The SMILES string of the molecule is Cc1ccc(-c2ccccc2-c2nc3cc(C4CC(C(=O)O)C4)ccn3c2Cl)c(F)c1. The number of aliphatic carboxylic acids is 1. The van der Waals surface area contributed by atoms with Crippen LogP contribution in [-0.4, -0.2) is 20.5 Å². The molecule has 2 aromatic carbocycles. The Morgan fingerprint density at radius 1 is 1.10 bits per heavy atom. The van der Waals surface area contributed by atoms with Gasteiger partial charge in [0.15, 0.2) is 0 Å². The summed E-state index contributed by atoms with van der Waals surface area (Å²) in [6.45, 7) is 1.86. The summed E-state index contributed by atoms with van der Waals surface area (Å²) in [7, 11) is 0. The van der Waals surface area contributed by atoms with Crippen LogP contribution in [0.3, 0.4) is 0 Å². The van der Waals surface area contributed by atoms with Crippen molar-refractivity contribution >= 4 is 23.2 Å². The summed E-state index contributed by atoms with van der Waals surface area (Å²) < 4.78 is 16.5. The highest BCUT2D eigenvalue weighted by Crippen LogP contribution is 2.43. The van der Waals surface area contributed by atoms with Gasteiger partial charge in [-0.25, -0.2) is 9.37 Å². The molecular formula is C25H20ClFN2O2. The maximum atomic E-state index is 14.7. The van der Waals surface area contributed by atoms with Gasteiger partial charge in [-0.2, -0.15) is 0 Å². The van der Waals surface area contributed by atoms with E-state index >= 15 is 0 Å². The Kier molecular flexibility index (Phi) is 4.78. The van der Waals surface area contributed by atoms with E-state index in [1.807, 2.05) is 55.6 Å². The Labute approximate surface area is 183 Å². The van der Waals surface area contributed by atoms with E-state index in [0.717, 1.165) is 22.3 Å². The number of benzene rings is 2. The minimum atomic E-state index is -0.733. The number of imidazole rings is 1. The highest BCUT2D eigenvalue weighted by molar-refractivity contribution is 6.32. The first kappa shape index (κ1) is 19.8. The van der Waals surface area contributed by atoms with Crippen molar-refractivity contribution in [3.05, 3.63) is 82.9 Å². The third kappa shape index (κ3) is 3.39. The second-order valence-electron chi connectivity index (χ2n) is 8.17. The molecular weight excluding hydrogens is 415 g/mol. The molecule has 6 heteroatoms. The standard InChI is InChI=1S/C25H20ClFN2O2/c1-14-6-7-19(21(27)10-14)18-4-2-3-5-20(18)23-24(26)29-9-8-15(13-22(29)28-23)16-11-17(12-16)25(30)31/h2-10,13,16-17H,11-12H2,1H3,(H,30,31). The lowest BCUT2D eigenvalue weighted by molar-refractivity contribution is -0.145. The van der Waals surface area contributed by atoms with Crippen molar-refractivity contribution in [2.24, 2.45) is 5.92 Å². The van der Waals surface area contributed by atoms with Crippen LogP contribution >= 0.6 is 11.6 Å². The number of pyridine rings is 1. The van der Waals surface area contributed by atoms with Crippen molar-refractivity contribution < 1.29 is 14.3 Å². The smallest absolute Gasteiger partial charge is 0.306 e. The van der Waals surface area contributed by atoms with E-state index in [-0.39, 0.29) is 17.7 Å². The Morgan fingerprint density at radius 3 is 2.55 bits per heavy atom. The van der Waals surface area contributed by atoms with Crippen LogP contribution in [0.5, 0.6) is 0 Å². The fourth-order valence-electron chi connectivity index (χ4n) is 4.31. The number of nitrogens with zero attached hydrogens (tertiary/aromatic N) is 2. The molecule has 1 saturated carbocycles. The lowest BCUT2D eigenvalue weighted by Gasteiger charge is -2.32. The summed E-state index contributed by atoms with van der Waals surface area (Å²) in [5, 5.41) is 9.59. The average Bonchev–Trinajstić information content (AvgIpc) is 3.03. The minimum Gasteiger partial charge on any atom is -0.481 e. The third-order valence-electron chi connectivity index (χ3n) is 6.15. The Morgan fingerprint density at radius 2 is 1.84 bits per heavy atom. The number of carboxylic acids is 1. The van der Waals surface area contributed by atoms with Gasteiger partial charge in [0.1, 0.15) is 22.3 Å². The van der Waals surface area contributed by atoms with Gasteiger partial charge >= 0.3 is 5.97 Å². The van der Waals surface area contributed by atoms with Gasteiger partial charge in [0.05, 0.1) is 5.92 Å². The first-order valence-corrected chi connectivity index (χ1v) is 10.6. The number of carboxylic acid groups (broad SMARTS) is 1. The zero-order valence-corrected chi connectivity index (χ0v) is 17.6. The fourth-order valence-corrected chi connectivity index (χ4v) is 4.60. The Hall–Kier alpha value is -3.18. The summed E-state index contributed by atoms with van der Waals surface area (Å²) >= 11 is 6.69. The maximum Gasteiger partial charge on any atom is 0.306 e. The van der Waals surface area contributed by atoms with Crippen LogP contribution < -0.4 is 0 Å². The fraction of sp³-hybridized carbons (Fsp3) is 0.200. The van der Waals surface area contributed by atoms with Crippen LogP contribution in [0.25, 0.3) is 28.0 Å². The van der Waals surface area contributed by atoms with Crippen molar-refractivity contribution in [1.29, 1.82) is 0 Å². The molecule has 0 amide bonds. The molecule has 31 heavy (non-hydrogen) atoms. The zero-order valence-electron chi connectivity index (χ0n) is 16.8. The van der Waals surface area contributed by atoms with Crippen molar-refractivity contribution in [2.45, 2.75) is 25.7 Å². The van der Waals surface area contributed by atoms with E-state index in [0.29, 0.717) is 34.9 Å². The predicted octanol–water partition coefficient (Wildman–Crippen LogP) is 6.35. The largest absolute Gasteiger partial charge is 0.481 e. The lowest BCUT2D eigenvalue weighted by Crippen LogP contribution is -2.28. The molecule has 1 fully saturated rings. The third-order valence-corrected chi connectivity index (χ3v) is 6.51. The summed E-state index contributed by atoms with van der Waals surface area (Å²) in [4.78, 5) is 15.9. The highest BCUT2D eigenvalue weighted by Gasteiger charge is 2.35. The van der Waals surface area contributed by atoms with Gasteiger partial charge in [0, 0.05) is 17.3 Å². The maximum absolute atomic E-state index is 14.7. The van der Waals surface area contributed by atoms with E-state index in [1.165, 1.54) is 6.07 Å². The van der Waals surface area contributed by atoms with Crippen LogP contribution in [0.4, 0.5) is 4.39 Å². The quantitative estimate of drug-likeness (QED) is 0.407. The van der Waals surface area contributed by atoms with E-state index in [2.05, 4.69) is 0 Å². The number of rotatable bonds is 4. The van der Waals surface area contributed by atoms with Crippen molar-refractivity contribution in [1.82, 2.24) is 9.38 Å². The van der Waals surface area contributed by atoms with E-state index in [1.54, 1.807) is 10.5 Å². The predicted molar refractivity (Wildman–Crippen MR) is 119 cm³/mol. The summed E-state index contributed by atoms with van der Waals surface area (Å²) in [5.74, 6) is -1.06. The molecule has 0 saturated heterocycles. The molecule has 156 valence electrons. The van der Waals surface area contributed by atoms with Crippen molar-refractivity contribution in [3.63, 3.8) is 0 Å². The molecule has 2 heterocycles. The molecule has 2 aromatic heterocycles. The molecule has 0 spiro atoms. The molecule has 0 radical (unpaired) electrons. The number of fused-ring (bicyclic) bond motifs is 1. The normalized spacial score (nSPS) is 18.2. The van der Waals surface area contributed by atoms with E-state index in [4.69, 9.17) is 21.7 Å². The average molecular weight is 435 g/mol. The van der Waals surface area contributed by atoms with Crippen LogP contribution in [0, 0.1) is 18.7 Å². The molecule has 1 aliphatic carbocycles. The summed E-state index contributed by atoms with van der Waals surface area (Å²) in [6, 6.07) is 16.6. The molecule has 0 unspecified atom stereocenters. The van der Waals surface area contributed by atoms with Crippen LogP contribution in [0.15, 0.2) is 60.8 Å². The summed E-state index contributed by atoms with van der Waals surface area (Å²) in [5.41, 5.74) is 5.20. The van der Waals surface area contributed by atoms with Gasteiger partial charge in [-0.15, -0.1) is 0 Å². The number of hydrogen-bond donors (Lipinski definition) is 1. The number of aryl methyl sites for hydroxylation is 1. The van der Waals surface area contributed by atoms with Crippen LogP contribution in [-0.2, 0) is 4.79 Å². The van der Waals surface area contributed by atoms with Gasteiger partial charge in [-0.1, -0.05) is 48.0 Å². The van der Waals surface area contributed by atoms with Crippen molar-refractivity contribution in [2.75, 3.05) is 0 Å². The lowest BCUT2D eigenvalue weighted by atomic mass is 9.72. The molecule has 0 aliphatic heterocycles. The second-order valence-corrected chi connectivity index (χ2v) is 8.53. The Balaban J connectivity index is 1.57. The van der Waals surface area contributed by atoms with Gasteiger partial charge in [0.25, 0.3) is 0 Å². The van der Waals surface area contributed by atoms with E-state index < -0.39 is 5.97 Å². The molecule has 4 nitrogen and oxygen atoms in total. The topological polar surface area (TPSA) is 54.6 Å². The first-order chi connectivity index (χ1) is 14.9. The van der Waals surface area contributed by atoms with Crippen LogP contribution in [0.1, 0.15) is 29.9 Å². The van der Waals surface area contributed by atoms with Gasteiger partial charge in [0.2, 0.25) is 0 Å². The summed E-state index contributed by atoms with van der Waals surface area (Å²) in [6.07, 6.45) is 3.15. The molecule has 0 bridgehead atoms. The minimum absolute atomic E-state index is 0.221. The number of aromatic nitrogens is 2. The molecule has 1 N–H and O–H groups in total. The zero-order chi connectivity index (χ0) is 21.7. The van der Waals surface area contributed by atoms with Crippen LogP contribution in [0.2, 0.25) is 5.15 Å². The van der Waals surface area contributed by atoms with E-state index in [9.17, 15) is 9.18 Å². The Bertz CT molecular complexity index is 1320. The molecule has 0 atom stereocenters. The van der Waals surface area contributed by atoms with Gasteiger partial charge in [-0.05, 0) is 60.6 Å². The number of carbonyl (C=O) groups is 1. The molecule has 4 aromatic rings. The van der Waals surface area contributed by atoms with Gasteiger partial charge < -0.3 is 5.11 Å². The first-order valence-electron chi connectivity index (χ1n) is 10.2. The number of hydrogen-bond acceptors (Lipinski definition) is 2. The van der Waals surface area contributed by atoms with Crippen molar-refractivity contribution in [3.8, 4) is 22.4 Å². The number of halogens is 2. The highest BCUT2D eigenvalue weighted by atomic mass is 35.5. The second kappa shape index (κ2) is 7.50.